The average Bonchev–Trinajstić information content (AvgIpc) is 2.62. The zero-order chi connectivity index (χ0) is 11.7. The van der Waals surface area contributed by atoms with Crippen LogP contribution in [0.5, 0.6) is 0 Å². The molecule has 1 aromatic rings. The van der Waals surface area contributed by atoms with E-state index in [0.29, 0.717) is 18.7 Å². The molecule has 16 heavy (non-hydrogen) atoms. The van der Waals surface area contributed by atoms with Crippen molar-refractivity contribution in [1.29, 1.82) is 0 Å². The topological polar surface area (TPSA) is 38.3 Å². The largest absolute Gasteiger partial charge is 0.464 e. The molecular weight excluding hydrogens is 209 g/mol. The summed E-state index contributed by atoms with van der Waals surface area (Å²) in [5.74, 6) is -0.563. The molecule has 0 fully saturated rings. The third kappa shape index (κ3) is 1.87. The molecule has 0 aromatic heterocycles. The lowest BCUT2D eigenvalue weighted by Gasteiger charge is -2.09. The van der Waals surface area contributed by atoms with Gasteiger partial charge >= 0.3 is 5.97 Å². The van der Waals surface area contributed by atoms with Crippen LogP contribution < -0.4 is 5.32 Å². The van der Waals surface area contributed by atoms with E-state index in [1.165, 1.54) is 12.1 Å². The number of carbonyl (C=O) groups is 1. The predicted molar refractivity (Wildman–Crippen MR) is 58.9 cm³/mol. The van der Waals surface area contributed by atoms with Crippen molar-refractivity contribution in [2.24, 2.45) is 0 Å². The van der Waals surface area contributed by atoms with E-state index in [1.54, 1.807) is 6.92 Å². The highest BCUT2D eigenvalue weighted by atomic mass is 19.1. The molecule has 0 saturated carbocycles. The standard InChI is InChI=1S/C12H14FNO2/c1-3-16-12(15)11-6-9-7(2)4-8(13)5-10(9)14-11/h4-5,11,14H,3,6H2,1-2H3/t11-/m0/s1. The van der Waals surface area contributed by atoms with Gasteiger partial charge in [0, 0.05) is 12.1 Å². The molecule has 2 rings (SSSR count). The molecular formula is C12H14FNO2. The smallest absolute Gasteiger partial charge is 0.328 e. The van der Waals surface area contributed by atoms with Crippen molar-refractivity contribution in [1.82, 2.24) is 0 Å². The van der Waals surface area contributed by atoms with E-state index < -0.39 is 0 Å². The number of hydrogen-bond donors (Lipinski definition) is 1. The van der Waals surface area contributed by atoms with Gasteiger partial charge in [-0.05, 0) is 37.1 Å². The number of anilines is 1. The SMILES string of the molecule is CCOC(=O)[C@@H]1Cc2c(C)cc(F)cc2N1. The van der Waals surface area contributed by atoms with Gasteiger partial charge in [-0.3, -0.25) is 0 Å². The number of fused-ring (bicyclic) bond motifs is 1. The maximum Gasteiger partial charge on any atom is 0.328 e. The molecule has 0 unspecified atom stereocenters. The molecule has 0 aliphatic carbocycles. The van der Waals surface area contributed by atoms with Gasteiger partial charge in [0.05, 0.1) is 6.61 Å². The summed E-state index contributed by atoms with van der Waals surface area (Å²) >= 11 is 0. The Morgan fingerprint density at radius 1 is 1.62 bits per heavy atom. The van der Waals surface area contributed by atoms with Crippen molar-refractivity contribution < 1.29 is 13.9 Å². The van der Waals surface area contributed by atoms with Crippen LogP contribution in [0.15, 0.2) is 12.1 Å². The van der Waals surface area contributed by atoms with Gasteiger partial charge in [0.15, 0.2) is 0 Å². The van der Waals surface area contributed by atoms with E-state index in [9.17, 15) is 9.18 Å². The first-order valence-electron chi connectivity index (χ1n) is 5.34. The van der Waals surface area contributed by atoms with Crippen LogP contribution in [0, 0.1) is 12.7 Å². The van der Waals surface area contributed by atoms with Crippen LogP contribution >= 0.6 is 0 Å². The van der Waals surface area contributed by atoms with Gasteiger partial charge in [-0.2, -0.15) is 0 Å². The highest BCUT2D eigenvalue weighted by molar-refractivity contribution is 5.83. The van der Waals surface area contributed by atoms with E-state index in [0.717, 1.165) is 11.1 Å². The molecule has 4 heteroatoms. The Morgan fingerprint density at radius 2 is 2.38 bits per heavy atom. The monoisotopic (exact) mass is 223 g/mol. The van der Waals surface area contributed by atoms with Gasteiger partial charge in [0.25, 0.3) is 0 Å². The zero-order valence-electron chi connectivity index (χ0n) is 9.34. The quantitative estimate of drug-likeness (QED) is 0.780. The molecule has 1 heterocycles. The van der Waals surface area contributed by atoms with E-state index in [1.807, 2.05) is 6.92 Å². The Morgan fingerprint density at radius 3 is 3.06 bits per heavy atom. The number of hydrogen-bond acceptors (Lipinski definition) is 3. The summed E-state index contributed by atoms with van der Waals surface area (Å²) in [6.45, 7) is 3.97. The summed E-state index contributed by atoms with van der Waals surface area (Å²) < 4.78 is 18.1. The summed E-state index contributed by atoms with van der Waals surface area (Å²) in [5.41, 5.74) is 2.57. The van der Waals surface area contributed by atoms with Crippen LogP contribution in [0.3, 0.4) is 0 Å². The second kappa shape index (κ2) is 4.12. The highest BCUT2D eigenvalue weighted by Gasteiger charge is 2.29. The zero-order valence-corrected chi connectivity index (χ0v) is 9.34. The fourth-order valence-corrected chi connectivity index (χ4v) is 2.00. The molecule has 1 aliphatic rings. The Hall–Kier alpha value is -1.58. The summed E-state index contributed by atoms with van der Waals surface area (Å²) in [4.78, 5) is 11.5. The average molecular weight is 223 g/mol. The Labute approximate surface area is 93.6 Å². The molecule has 3 nitrogen and oxygen atoms in total. The number of nitrogens with one attached hydrogen (secondary N) is 1. The number of esters is 1. The van der Waals surface area contributed by atoms with Gasteiger partial charge in [-0.1, -0.05) is 0 Å². The molecule has 0 radical (unpaired) electrons. The van der Waals surface area contributed by atoms with Crippen LogP contribution in [0.25, 0.3) is 0 Å². The molecule has 1 aromatic carbocycles. The number of aryl methyl sites for hydroxylation is 1. The number of halogens is 1. The summed E-state index contributed by atoms with van der Waals surface area (Å²) in [6.07, 6.45) is 0.570. The van der Waals surface area contributed by atoms with Crippen LogP contribution in [0.1, 0.15) is 18.1 Å². The molecule has 0 spiro atoms. The molecule has 0 amide bonds. The lowest BCUT2D eigenvalue weighted by Crippen LogP contribution is -2.29. The van der Waals surface area contributed by atoms with E-state index in [2.05, 4.69) is 5.32 Å². The fourth-order valence-electron chi connectivity index (χ4n) is 2.00. The van der Waals surface area contributed by atoms with E-state index in [4.69, 9.17) is 4.74 Å². The van der Waals surface area contributed by atoms with Gasteiger partial charge in [0.2, 0.25) is 0 Å². The first kappa shape index (κ1) is 10.9. The highest BCUT2D eigenvalue weighted by Crippen LogP contribution is 2.30. The summed E-state index contributed by atoms with van der Waals surface area (Å²) in [6, 6.07) is 2.52. The van der Waals surface area contributed by atoms with Gasteiger partial charge in [0.1, 0.15) is 11.9 Å². The van der Waals surface area contributed by atoms with Crippen LogP contribution in [0.4, 0.5) is 10.1 Å². The van der Waals surface area contributed by atoms with Gasteiger partial charge in [-0.25, -0.2) is 9.18 Å². The van der Waals surface area contributed by atoms with Gasteiger partial charge < -0.3 is 10.1 Å². The van der Waals surface area contributed by atoms with E-state index in [-0.39, 0.29) is 17.8 Å². The summed E-state index contributed by atoms with van der Waals surface area (Å²) in [5, 5.41) is 2.99. The minimum Gasteiger partial charge on any atom is -0.464 e. The number of benzene rings is 1. The van der Waals surface area contributed by atoms with Crippen LogP contribution in [-0.2, 0) is 16.0 Å². The first-order valence-corrected chi connectivity index (χ1v) is 5.34. The third-order valence-corrected chi connectivity index (χ3v) is 2.75. The molecule has 1 aliphatic heterocycles. The normalized spacial score (nSPS) is 17.8. The van der Waals surface area contributed by atoms with Crippen molar-refractivity contribution >= 4 is 11.7 Å². The fraction of sp³-hybridized carbons (Fsp3) is 0.417. The van der Waals surface area contributed by atoms with Crippen LogP contribution in [-0.4, -0.2) is 18.6 Å². The minimum absolute atomic E-state index is 0.279. The molecule has 1 N–H and O–H groups in total. The van der Waals surface area contributed by atoms with Crippen molar-refractivity contribution in [2.45, 2.75) is 26.3 Å². The van der Waals surface area contributed by atoms with E-state index >= 15 is 0 Å². The van der Waals surface area contributed by atoms with Crippen molar-refractivity contribution in [3.8, 4) is 0 Å². The lowest BCUT2D eigenvalue weighted by atomic mass is 10.0. The first-order chi connectivity index (χ1) is 7.61. The van der Waals surface area contributed by atoms with Crippen LogP contribution in [0.2, 0.25) is 0 Å². The Balaban J connectivity index is 2.21. The molecule has 1 atom stereocenters. The second-order valence-corrected chi connectivity index (χ2v) is 3.90. The number of rotatable bonds is 2. The minimum atomic E-state index is -0.379. The maximum atomic E-state index is 13.1. The molecule has 0 bridgehead atoms. The Kier molecular flexibility index (Phi) is 2.81. The molecule has 86 valence electrons. The summed E-state index contributed by atoms with van der Waals surface area (Å²) in [7, 11) is 0. The second-order valence-electron chi connectivity index (χ2n) is 3.90. The molecule has 0 saturated heterocycles. The predicted octanol–water partition coefficient (Wildman–Crippen LogP) is 2.03. The number of carbonyl (C=O) groups excluding carboxylic acids is 1. The van der Waals surface area contributed by atoms with Gasteiger partial charge in [-0.15, -0.1) is 0 Å². The number of ether oxygens (including phenoxy) is 1. The van der Waals surface area contributed by atoms with Crippen molar-refractivity contribution in [3.63, 3.8) is 0 Å². The Bertz CT molecular complexity index is 431. The third-order valence-electron chi connectivity index (χ3n) is 2.75. The lowest BCUT2D eigenvalue weighted by molar-refractivity contribution is -0.143. The van der Waals surface area contributed by atoms with Crippen molar-refractivity contribution in [3.05, 3.63) is 29.1 Å². The maximum absolute atomic E-state index is 13.1. The van der Waals surface area contributed by atoms with Crippen molar-refractivity contribution in [2.75, 3.05) is 11.9 Å².